The smallest absolute Gasteiger partial charge is 0.355 e. The fourth-order valence-electron chi connectivity index (χ4n) is 2.13. The monoisotopic (exact) mass is 343 g/mol. The number of amides is 2. The molecule has 0 saturated carbocycles. The molecule has 0 radical (unpaired) electrons. The largest absolute Gasteiger partial charge is 0.451 e. The summed E-state index contributed by atoms with van der Waals surface area (Å²) < 4.78 is 6.58. The van der Waals surface area contributed by atoms with Crippen molar-refractivity contribution in [2.45, 2.75) is 6.92 Å². The normalized spacial score (nSPS) is 10.2. The zero-order valence-corrected chi connectivity index (χ0v) is 14.5. The lowest BCUT2D eigenvalue weighted by Gasteiger charge is -2.17. The van der Waals surface area contributed by atoms with E-state index in [0.29, 0.717) is 11.4 Å². The van der Waals surface area contributed by atoms with Crippen molar-refractivity contribution in [3.8, 4) is 0 Å². The van der Waals surface area contributed by atoms with Crippen LogP contribution in [0.25, 0.3) is 0 Å². The van der Waals surface area contributed by atoms with Crippen LogP contribution in [0.4, 0.5) is 5.69 Å². The van der Waals surface area contributed by atoms with Crippen LogP contribution in [0.1, 0.15) is 16.1 Å². The van der Waals surface area contributed by atoms with Gasteiger partial charge in [-0.3, -0.25) is 9.59 Å². The maximum absolute atomic E-state index is 12.0. The van der Waals surface area contributed by atoms with E-state index in [1.165, 1.54) is 11.9 Å². The standard InChI is InChI=1S/C18H21N3O4/c1-13-6-8-14(9-7-13)19-16(22)11-21(3)17(23)12-25-18(24)15-5-4-10-20(15)2/h4-10H,11-12H2,1-3H3,(H,19,22). The summed E-state index contributed by atoms with van der Waals surface area (Å²) in [6, 6.07) is 10.7. The van der Waals surface area contributed by atoms with Crippen LogP contribution in [0.3, 0.4) is 0 Å². The number of aryl methyl sites for hydroxylation is 2. The van der Waals surface area contributed by atoms with Crippen LogP contribution in [0.15, 0.2) is 42.6 Å². The van der Waals surface area contributed by atoms with Crippen molar-refractivity contribution in [2.24, 2.45) is 7.05 Å². The van der Waals surface area contributed by atoms with Gasteiger partial charge in [-0.15, -0.1) is 0 Å². The third kappa shape index (κ3) is 5.20. The molecule has 0 saturated heterocycles. The minimum atomic E-state index is -0.585. The number of hydrogen-bond acceptors (Lipinski definition) is 4. The lowest BCUT2D eigenvalue weighted by Crippen LogP contribution is -2.37. The van der Waals surface area contributed by atoms with E-state index in [1.54, 1.807) is 42.1 Å². The molecule has 0 fully saturated rings. The van der Waals surface area contributed by atoms with Crippen LogP contribution < -0.4 is 5.32 Å². The van der Waals surface area contributed by atoms with Gasteiger partial charge in [0, 0.05) is 26.0 Å². The van der Waals surface area contributed by atoms with E-state index in [2.05, 4.69) is 5.32 Å². The third-order valence-electron chi connectivity index (χ3n) is 3.62. The fourth-order valence-corrected chi connectivity index (χ4v) is 2.13. The van der Waals surface area contributed by atoms with E-state index in [9.17, 15) is 14.4 Å². The number of rotatable bonds is 6. The SMILES string of the molecule is Cc1ccc(NC(=O)CN(C)C(=O)COC(=O)c2cccn2C)cc1. The number of nitrogens with one attached hydrogen (secondary N) is 1. The summed E-state index contributed by atoms with van der Waals surface area (Å²) in [6.45, 7) is 1.40. The van der Waals surface area contributed by atoms with Crippen molar-refractivity contribution < 1.29 is 19.1 Å². The maximum atomic E-state index is 12.0. The average Bonchev–Trinajstić information content (AvgIpc) is 3.00. The molecule has 7 nitrogen and oxygen atoms in total. The summed E-state index contributed by atoms with van der Waals surface area (Å²) in [5.41, 5.74) is 2.10. The fraction of sp³-hybridized carbons (Fsp3) is 0.278. The number of nitrogens with zero attached hydrogens (tertiary/aromatic N) is 2. The minimum Gasteiger partial charge on any atom is -0.451 e. The van der Waals surface area contributed by atoms with Crippen LogP contribution in [-0.2, 0) is 21.4 Å². The Hall–Kier alpha value is -3.09. The molecule has 2 aromatic rings. The number of esters is 1. The van der Waals surface area contributed by atoms with Crippen molar-refractivity contribution in [2.75, 3.05) is 25.5 Å². The first-order valence-electron chi connectivity index (χ1n) is 7.76. The van der Waals surface area contributed by atoms with E-state index in [-0.39, 0.29) is 12.5 Å². The van der Waals surface area contributed by atoms with Gasteiger partial charge in [0.05, 0.1) is 6.54 Å². The molecule has 0 atom stereocenters. The lowest BCUT2D eigenvalue weighted by molar-refractivity contribution is -0.136. The summed E-state index contributed by atoms with van der Waals surface area (Å²) in [5.74, 6) is -1.37. The Morgan fingerprint density at radius 2 is 1.84 bits per heavy atom. The maximum Gasteiger partial charge on any atom is 0.355 e. The van der Waals surface area contributed by atoms with Gasteiger partial charge in [0.15, 0.2) is 6.61 Å². The molecule has 7 heteroatoms. The zero-order valence-electron chi connectivity index (χ0n) is 14.5. The Labute approximate surface area is 146 Å². The molecule has 0 aliphatic carbocycles. The average molecular weight is 343 g/mol. The van der Waals surface area contributed by atoms with Crippen LogP contribution in [-0.4, -0.2) is 47.4 Å². The molecule has 2 rings (SSSR count). The number of carbonyl (C=O) groups excluding carboxylic acids is 3. The molecule has 2 amide bonds. The Bertz CT molecular complexity index is 765. The van der Waals surface area contributed by atoms with Crippen LogP contribution in [0.5, 0.6) is 0 Å². The van der Waals surface area contributed by atoms with Gasteiger partial charge in [0.1, 0.15) is 5.69 Å². The molecule has 0 bridgehead atoms. The predicted octanol–water partition coefficient (Wildman–Crippen LogP) is 1.59. The highest BCUT2D eigenvalue weighted by atomic mass is 16.5. The first-order chi connectivity index (χ1) is 11.9. The van der Waals surface area contributed by atoms with Gasteiger partial charge in [-0.2, -0.15) is 0 Å². The molecule has 1 aromatic carbocycles. The van der Waals surface area contributed by atoms with Crippen LogP contribution in [0, 0.1) is 6.92 Å². The summed E-state index contributed by atoms with van der Waals surface area (Å²) in [6.07, 6.45) is 1.71. The van der Waals surface area contributed by atoms with Gasteiger partial charge in [0.25, 0.3) is 5.91 Å². The molecular weight excluding hydrogens is 322 g/mol. The van der Waals surface area contributed by atoms with Crippen molar-refractivity contribution in [1.82, 2.24) is 9.47 Å². The highest BCUT2D eigenvalue weighted by Gasteiger charge is 2.17. The van der Waals surface area contributed by atoms with E-state index in [4.69, 9.17) is 4.74 Å². The predicted molar refractivity (Wildman–Crippen MR) is 93.1 cm³/mol. The summed E-state index contributed by atoms with van der Waals surface area (Å²) in [7, 11) is 3.19. The van der Waals surface area contributed by atoms with Gasteiger partial charge >= 0.3 is 5.97 Å². The first-order valence-corrected chi connectivity index (χ1v) is 7.76. The lowest BCUT2D eigenvalue weighted by atomic mass is 10.2. The summed E-state index contributed by atoms with van der Waals surface area (Å²) in [5, 5.41) is 2.71. The number of carbonyl (C=O) groups is 3. The van der Waals surface area contributed by atoms with Gasteiger partial charge < -0.3 is 19.5 Å². The Balaban J connectivity index is 1.79. The van der Waals surface area contributed by atoms with Gasteiger partial charge in [-0.05, 0) is 31.2 Å². The van der Waals surface area contributed by atoms with Crippen molar-refractivity contribution in [3.05, 3.63) is 53.9 Å². The molecule has 0 spiro atoms. The molecule has 0 aliphatic heterocycles. The number of ether oxygens (including phenoxy) is 1. The second-order valence-corrected chi connectivity index (χ2v) is 5.74. The van der Waals surface area contributed by atoms with Crippen LogP contribution in [0.2, 0.25) is 0 Å². The molecule has 1 heterocycles. The van der Waals surface area contributed by atoms with Crippen LogP contribution >= 0.6 is 0 Å². The molecule has 1 N–H and O–H groups in total. The number of hydrogen-bond donors (Lipinski definition) is 1. The number of aromatic nitrogens is 1. The molecular formula is C18H21N3O4. The zero-order chi connectivity index (χ0) is 18.4. The Morgan fingerprint density at radius 1 is 1.16 bits per heavy atom. The first kappa shape index (κ1) is 18.3. The van der Waals surface area contributed by atoms with E-state index >= 15 is 0 Å². The Kier molecular flexibility index (Phi) is 5.94. The molecule has 0 unspecified atom stereocenters. The second-order valence-electron chi connectivity index (χ2n) is 5.74. The highest BCUT2D eigenvalue weighted by Crippen LogP contribution is 2.08. The van der Waals surface area contributed by atoms with Gasteiger partial charge in [-0.25, -0.2) is 4.79 Å². The Morgan fingerprint density at radius 3 is 2.44 bits per heavy atom. The van der Waals surface area contributed by atoms with Crippen molar-refractivity contribution in [3.63, 3.8) is 0 Å². The number of anilines is 1. The second kappa shape index (κ2) is 8.14. The summed E-state index contributed by atoms with van der Waals surface area (Å²) in [4.78, 5) is 37.0. The van der Waals surface area contributed by atoms with E-state index < -0.39 is 18.5 Å². The number of benzene rings is 1. The van der Waals surface area contributed by atoms with Crippen molar-refractivity contribution in [1.29, 1.82) is 0 Å². The summed E-state index contributed by atoms with van der Waals surface area (Å²) >= 11 is 0. The van der Waals surface area contributed by atoms with E-state index in [0.717, 1.165) is 5.56 Å². The molecule has 25 heavy (non-hydrogen) atoms. The highest BCUT2D eigenvalue weighted by molar-refractivity contribution is 5.95. The van der Waals surface area contributed by atoms with Crippen molar-refractivity contribution >= 4 is 23.5 Å². The van der Waals surface area contributed by atoms with Gasteiger partial charge in [0.2, 0.25) is 5.91 Å². The van der Waals surface area contributed by atoms with Gasteiger partial charge in [-0.1, -0.05) is 17.7 Å². The topological polar surface area (TPSA) is 80.6 Å². The molecule has 132 valence electrons. The number of likely N-dealkylation sites (N-methyl/N-ethyl adjacent to an activating group) is 1. The minimum absolute atomic E-state index is 0.131. The molecule has 0 aliphatic rings. The van der Waals surface area contributed by atoms with E-state index in [1.807, 2.05) is 19.1 Å². The third-order valence-corrected chi connectivity index (χ3v) is 3.62. The molecule has 1 aromatic heterocycles. The quantitative estimate of drug-likeness (QED) is 0.808.